The number of nitriles is 1. The zero-order valence-electron chi connectivity index (χ0n) is 20.3. The second kappa shape index (κ2) is 10.4. The third-order valence-corrected chi connectivity index (χ3v) is 8.28. The molecule has 0 fully saturated rings. The predicted octanol–water partition coefficient (Wildman–Crippen LogP) is 3.98. The normalized spacial score (nSPS) is 14.9. The van der Waals surface area contributed by atoms with Crippen LogP contribution in [0.2, 0.25) is 0 Å². The van der Waals surface area contributed by atoms with Crippen LogP contribution >= 0.6 is 0 Å². The maximum atomic E-state index is 14.0. The standard InChI is InChI=1S/C29H24N4O4S/c30-19-21-11-9-20(10-12-21)15-16-31-28(34)18-27-29(35)32-25-7-3-4-8-26(25)33(27)38(36,37)24-14-13-22-5-1-2-6-23(22)17-24/h1-14,17,27H,15-16,18H2,(H,31,34)(H,32,35)/t27-/m1/s1. The van der Waals surface area contributed by atoms with Gasteiger partial charge < -0.3 is 10.6 Å². The van der Waals surface area contributed by atoms with Gasteiger partial charge in [0.15, 0.2) is 0 Å². The summed E-state index contributed by atoms with van der Waals surface area (Å²) in [4.78, 5) is 26.0. The highest BCUT2D eigenvalue weighted by molar-refractivity contribution is 7.93. The van der Waals surface area contributed by atoms with Crippen LogP contribution in [-0.2, 0) is 26.0 Å². The number of fused-ring (bicyclic) bond motifs is 2. The molecular weight excluding hydrogens is 500 g/mol. The molecule has 1 heterocycles. The Hall–Kier alpha value is -4.68. The zero-order valence-corrected chi connectivity index (χ0v) is 21.1. The first-order valence-electron chi connectivity index (χ1n) is 12.1. The lowest BCUT2D eigenvalue weighted by atomic mass is 10.1. The van der Waals surface area contributed by atoms with Gasteiger partial charge in [-0.05, 0) is 59.2 Å². The van der Waals surface area contributed by atoms with E-state index in [0.717, 1.165) is 20.6 Å². The van der Waals surface area contributed by atoms with Gasteiger partial charge in [-0.15, -0.1) is 0 Å². The van der Waals surface area contributed by atoms with Crippen molar-refractivity contribution in [3.05, 3.63) is 102 Å². The van der Waals surface area contributed by atoms with Gasteiger partial charge in [-0.3, -0.25) is 13.9 Å². The average molecular weight is 525 g/mol. The van der Waals surface area contributed by atoms with E-state index in [2.05, 4.69) is 16.7 Å². The minimum absolute atomic E-state index is 0.0342. The van der Waals surface area contributed by atoms with Gasteiger partial charge in [-0.25, -0.2) is 8.42 Å². The molecule has 0 saturated heterocycles. The monoisotopic (exact) mass is 524 g/mol. The lowest BCUT2D eigenvalue weighted by molar-refractivity contribution is -0.125. The van der Waals surface area contributed by atoms with Gasteiger partial charge in [0, 0.05) is 6.54 Å². The third kappa shape index (κ3) is 4.94. The summed E-state index contributed by atoms with van der Waals surface area (Å²) in [5, 5.41) is 16.1. The fourth-order valence-corrected chi connectivity index (χ4v) is 6.18. The molecule has 0 bridgehead atoms. The van der Waals surface area contributed by atoms with Crippen molar-refractivity contribution in [1.82, 2.24) is 5.32 Å². The number of anilines is 2. The Morgan fingerprint density at radius 3 is 2.42 bits per heavy atom. The molecule has 4 aromatic carbocycles. The molecule has 2 amide bonds. The van der Waals surface area contributed by atoms with E-state index in [4.69, 9.17) is 5.26 Å². The Bertz CT molecular complexity index is 1680. The fraction of sp³-hybridized carbons (Fsp3) is 0.138. The smallest absolute Gasteiger partial charge is 0.265 e. The molecule has 4 aromatic rings. The molecule has 0 aliphatic carbocycles. The predicted molar refractivity (Wildman–Crippen MR) is 145 cm³/mol. The number of nitrogens with zero attached hydrogens (tertiary/aromatic N) is 2. The van der Waals surface area contributed by atoms with E-state index < -0.39 is 27.9 Å². The van der Waals surface area contributed by atoms with Crippen LogP contribution in [0, 0.1) is 11.3 Å². The lowest BCUT2D eigenvalue weighted by Gasteiger charge is -2.36. The SMILES string of the molecule is N#Cc1ccc(CCNC(=O)C[C@@H]2C(=O)Nc3ccccc3N2S(=O)(=O)c2ccc3ccccc3c2)cc1. The van der Waals surface area contributed by atoms with E-state index in [9.17, 15) is 18.0 Å². The quantitative estimate of drug-likeness (QED) is 0.379. The highest BCUT2D eigenvalue weighted by atomic mass is 32.2. The Labute approximate surface area is 220 Å². The summed E-state index contributed by atoms with van der Waals surface area (Å²) in [7, 11) is -4.20. The zero-order chi connectivity index (χ0) is 26.7. The van der Waals surface area contributed by atoms with Gasteiger partial charge in [0.1, 0.15) is 6.04 Å². The minimum atomic E-state index is -4.20. The van der Waals surface area contributed by atoms with Crippen molar-refractivity contribution in [2.45, 2.75) is 23.8 Å². The number of benzene rings is 4. The van der Waals surface area contributed by atoms with Gasteiger partial charge in [0.2, 0.25) is 11.8 Å². The maximum absolute atomic E-state index is 14.0. The molecule has 38 heavy (non-hydrogen) atoms. The molecule has 0 aromatic heterocycles. The largest absolute Gasteiger partial charge is 0.356 e. The van der Waals surface area contributed by atoms with E-state index >= 15 is 0 Å². The van der Waals surface area contributed by atoms with Crippen LogP contribution in [-0.4, -0.2) is 32.8 Å². The Morgan fingerprint density at radius 1 is 0.947 bits per heavy atom. The average Bonchev–Trinajstić information content (AvgIpc) is 2.93. The lowest BCUT2D eigenvalue weighted by Crippen LogP contribution is -2.52. The maximum Gasteiger partial charge on any atom is 0.265 e. The highest BCUT2D eigenvalue weighted by Gasteiger charge is 2.42. The van der Waals surface area contributed by atoms with Gasteiger partial charge >= 0.3 is 0 Å². The highest BCUT2D eigenvalue weighted by Crippen LogP contribution is 2.37. The first-order valence-corrected chi connectivity index (χ1v) is 13.5. The van der Waals surface area contributed by atoms with Crippen molar-refractivity contribution in [2.75, 3.05) is 16.2 Å². The summed E-state index contributed by atoms with van der Waals surface area (Å²) in [5.74, 6) is -1.02. The molecule has 5 rings (SSSR count). The van der Waals surface area contributed by atoms with Crippen molar-refractivity contribution < 1.29 is 18.0 Å². The molecule has 190 valence electrons. The summed E-state index contributed by atoms with van der Waals surface area (Å²) < 4.78 is 29.0. The summed E-state index contributed by atoms with van der Waals surface area (Å²) in [6.45, 7) is 0.299. The van der Waals surface area contributed by atoms with Gasteiger partial charge in [0.25, 0.3) is 10.0 Å². The van der Waals surface area contributed by atoms with Crippen molar-refractivity contribution in [1.29, 1.82) is 5.26 Å². The van der Waals surface area contributed by atoms with Gasteiger partial charge in [-0.1, -0.05) is 54.6 Å². The molecule has 2 N–H and O–H groups in total. The first kappa shape index (κ1) is 25.0. The number of hydrogen-bond donors (Lipinski definition) is 2. The molecular formula is C29H24N4O4S. The molecule has 1 aliphatic heterocycles. The Morgan fingerprint density at radius 2 is 1.66 bits per heavy atom. The molecule has 0 unspecified atom stereocenters. The number of carbonyl (C=O) groups is 2. The summed E-state index contributed by atoms with van der Waals surface area (Å²) in [6, 6.07) is 26.7. The molecule has 0 saturated carbocycles. The summed E-state index contributed by atoms with van der Waals surface area (Å²) >= 11 is 0. The molecule has 1 atom stereocenters. The van der Waals surface area contributed by atoms with Crippen molar-refractivity contribution in [3.8, 4) is 6.07 Å². The Kier molecular flexibility index (Phi) is 6.81. The van der Waals surface area contributed by atoms with Crippen LogP contribution in [0.1, 0.15) is 17.5 Å². The molecule has 9 heteroatoms. The van der Waals surface area contributed by atoms with Crippen LogP contribution in [0.25, 0.3) is 10.8 Å². The van der Waals surface area contributed by atoms with Crippen LogP contribution in [0.3, 0.4) is 0 Å². The number of rotatable bonds is 7. The molecule has 0 spiro atoms. The van der Waals surface area contributed by atoms with Crippen molar-refractivity contribution in [3.63, 3.8) is 0 Å². The number of carbonyl (C=O) groups excluding carboxylic acids is 2. The van der Waals surface area contributed by atoms with Crippen molar-refractivity contribution >= 4 is 44.0 Å². The summed E-state index contributed by atoms with van der Waals surface area (Å²) in [5.41, 5.74) is 2.15. The second-order valence-corrected chi connectivity index (χ2v) is 10.8. The van der Waals surface area contributed by atoms with Crippen LogP contribution in [0.15, 0.2) is 95.9 Å². The van der Waals surface area contributed by atoms with E-state index in [0.29, 0.717) is 29.9 Å². The molecule has 8 nitrogen and oxygen atoms in total. The van der Waals surface area contributed by atoms with E-state index in [1.807, 2.05) is 36.4 Å². The topological polar surface area (TPSA) is 119 Å². The minimum Gasteiger partial charge on any atom is -0.356 e. The van der Waals surface area contributed by atoms with E-state index in [1.54, 1.807) is 48.5 Å². The second-order valence-electron chi connectivity index (χ2n) is 8.94. The van der Waals surface area contributed by atoms with E-state index in [1.165, 1.54) is 6.07 Å². The number of amides is 2. The van der Waals surface area contributed by atoms with Gasteiger partial charge in [-0.2, -0.15) is 5.26 Å². The summed E-state index contributed by atoms with van der Waals surface area (Å²) in [6.07, 6.45) is 0.177. The van der Waals surface area contributed by atoms with Gasteiger partial charge in [0.05, 0.1) is 34.3 Å². The number of sulfonamides is 1. The number of para-hydroxylation sites is 2. The molecule has 1 aliphatic rings. The van der Waals surface area contributed by atoms with E-state index in [-0.39, 0.29) is 11.3 Å². The van der Waals surface area contributed by atoms with Crippen LogP contribution in [0.4, 0.5) is 11.4 Å². The third-order valence-electron chi connectivity index (χ3n) is 6.46. The fourth-order valence-electron chi connectivity index (χ4n) is 4.52. The number of hydrogen-bond acceptors (Lipinski definition) is 5. The first-order chi connectivity index (χ1) is 18.4. The molecule has 0 radical (unpaired) electrons. The number of nitrogens with one attached hydrogen (secondary N) is 2. The Balaban J connectivity index is 1.40. The van der Waals surface area contributed by atoms with Crippen LogP contribution < -0.4 is 14.9 Å². The van der Waals surface area contributed by atoms with Crippen molar-refractivity contribution in [2.24, 2.45) is 0 Å². The van der Waals surface area contributed by atoms with Crippen LogP contribution in [0.5, 0.6) is 0 Å².